The summed E-state index contributed by atoms with van der Waals surface area (Å²) in [5.74, 6) is 0. The van der Waals surface area contributed by atoms with E-state index in [1.807, 2.05) is 6.07 Å². The lowest BCUT2D eigenvalue weighted by molar-refractivity contribution is -0.385. The monoisotopic (exact) mass is 242 g/mol. The highest BCUT2D eigenvalue weighted by Crippen LogP contribution is 2.16. The fraction of sp³-hybridized carbons (Fsp3) is 0.167. The average Bonchev–Trinajstić information content (AvgIpc) is 2.71. The molecule has 0 unspecified atom stereocenters. The van der Waals surface area contributed by atoms with E-state index >= 15 is 0 Å². The smallest absolute Gasteiger partial charge is 0.261 e. The first-order valence-corrected chi connectivity index (χ1v) is 5.27. The molecular formula is C12H10N4O2. The van der Waals surface area contributed by atoms with Gasteiger partial charge in [-0.05, 0) is 24.6 Å². The molecule has 1 aromatic heterocycles. The van der Waals surface area contributed by atoms with Crippen molar-refractivity contribution >= 4 is 5.69 Å². The maximum atomic E-state index is 10.7. The van der Waals surface area contributed by atoms with E-state index < -0.39 is 4.92 Å². The summed E-state index contributed by atoms with van der Waals surface area (Å²) in [6.45, 7) is 2.05. The first-order valence-electron chi connectivity index (χ1n) is 5.27. The van der Waals surface area contributed by atoms with Crippen LogP contribution in [0.15, 0.2) is 30.5 Å². The van der Waals surface area contributed by atoms with E-state index in [9.17, 15) is 10.1 Å². The molecule has 0 radical (unpaired) electrons. The number of rotatable bonds is 3. The van der Waals surface area contributed by atoms with E-state index in [-0.39, 0.29) is 5.69 Å². The third-order valence-electron chi connectivity index (χ3n) is 2.54. The van der Waals surface area contributed by atoms with Crippen LogP contribution in [0, 0.1) is 28.4 Å². The molecule has 2 rings (SSSR count). The largest absolute Gasteiger partial charge is 0.309 e. The molecule has 0 saturated carbocycles. The predicted octanol–water partition coefficient (Wildman–Crippen LogP) is 2.02. The van der Waals surface area contributed by atoms with Crippen LogP contribution in [0.2, 0.25) is 0 Å². The van der Waals surface area contributed by atoms with E-state index in [1.165, 1.54) is 10.9 Å². The Labute approximate surface area is 103 Å². The van der Waals surface area contributed by atoms with Gasteiger partial charge in [-0.15, -0.1) is 0 Å². The van der Waals surface area contributed by atoms with Crippen LogP contribution in [0.25, 0.3) is 0 Å². The predicted molar refractivity (Wildman–Crippen MR) is 63.9 cm³/mol. The Morgan fingerprint density at radius 2 is 2.11 bits per heavy atom. The van der Waals surface area contributed by atoms with Crippen molar-refractivity contribution < 1.29 is 4.92 Å². The van der Waals surface area contributed by atoms with E-state index in [0.29, 0.717) is 17.8 Å². The fourth-order valence-corrected chi connectivity index (χ4v) is 1.64. The Hall–Kier alpha value is -2.68. The lowest BCUT2D eigenvalue weighted by atomic mass is 10.1. The minimum Gasteiger partial charge on any atom is -0.261 e. The van der Waals surface area contributed by atoms with Crippen LogP contribution in [-0.4, -0.2) is 14.7 Å². The Balaban J connectivity index is 2.21. The van der Waals surface area contributed by atoms with Crippen molar-refractivity contribution in [1.29, 1.82) is 5.26 Å². The summed E-state index contributed by atoms with van der Waals surface area (Å²) in [4.78, 5) is 10.2. The Bertz CT molecular complexity index is 623. The molecule has 0 aliphatic heterocycles. The fourth-order valence-electron chi connectivity index (χ4n) is 1.64. The first kappa shape index (κ1) is 11.8. The second-order valence-electron chi connectivity index (χ2n) is 3.86. The molecule has 1 heterocycles. The molecule has 0 atom stereocenters. The van der Waals surface area contributed by atoms with Crippen molar-refractivity contribution in [2.75, 3.05) is 0 Å². The first-order chi connectivity index (χ1) is 8.60. The van der Waals surface area contributed by atoms with Crippen molar-refractivity contribution in [1.82, 2.24) is 9.78 Å². The molecule has 0 fully saturated rings. The number of nitro groups is 1. The van der Waals surface area contributed by atoms with E-state index in [2.05, 4.69) is 5.10 Å². The van der Waals surface area contributed by atoms with Crippen LogP contribution in [0.5, 0.6) is 0 Å². The molecule has 0 bridgehead atoms. The van der Waals surface area contributed by atoms with Crippen LogP contribution >= 0.6 is 0 Å². The molecule has 0 aliphatic carbocycles. The van der Waals surface area contributed by atoms with Gasteiger partial charge < -0.3 is 0 Å². The van der Waals surface area contributed by atoms with Crippen LogP contribution in [0.3, 0.4) is 0 Å². The van der Waals surface area contributed by atoms with Gasteiger partial charge in [-0.25, -0.2) is 0 Å². The van der Waals surface area contributed by atoms with Crippen molar-refractivity contribution in [2.45, 2.75) is 13.5 Å². The zero-order valence-corrected chi connectivity index (χ0v) is 9.70. The molecule has 1 aromatic carbocycles. The second-order valence-corrected chi connectivity index (χ2v) is 3.86. The number of aryl methyl sites for hydroxylation is 1. The molecular weight excluding hydrogens is 232 g/mol. The molecule has 90 valence electrons. The van der Waals surface area contributed by atoms with E-state index in [4.69, 9.17) is 5.26 Å². The van der Waals surface area contributed by atoms with Crippen molar-refractivity contribution in [3.05, 3.63) is 57.4 Å². The SMILES string of the molecule is Cc1nn(Cc2ccc(C#N)cc2)cc1[N+](=O)[O-]. The summed E-state index contributed by atoms with van der Waals surface area (Å²) < 4.78 is 1.52. The van der Waals surface area contributed by atoms with Gasteiger partial charge >= 0.3 is 5.69 Å². The summed E-state index contributed by atoms with van der Waals surface area (Å²) >= 11 is 0. The number of benzene rings is 1. The van der Waals surface area contributed by atoms with E-state index in [0.717, 1.165) is 5.56 Å². The van der Waals surface area contributed by atoms with Crippen LogP contribution in [-0.2, 0) is 6.54 Å². The number of hydrogen-bond acceptors (Lipinski definition) is 4. The Morgan fingerprint density at radius 1 is 1.44 bits per heavy atom. The molecule has 6 nitrogen and oxygen atoms in total. The molecule has 0 saturated heterocycles. The quantitative estimate of drug-likeness (QED) is 0.608. The van der Waals surface area contributed by atoms with Crippen molar-refractivity contribution in [3.8, 4) is 6.07 Å². The molecule has 0 spiro atoms. The van der Waals surface area contributed by atoms with Gasteiger partial charge in [-0.2, -0.15) is 10.4 Å². The summed E-state index contributed by atoms with van der Waals surface area (Å²) in [6, 6.07) is 9.07. The summed E-state index contributed by atoms with van der Waals surface area (Å²) in [6.07, 6.45) is 1.41. The van der Waals surface area contributed by atoms with Crippen LogP contribution in [0.4, 0.5) is 5.69 Å². The van der Waals surface area contributed by atoms with Gasteiger partial charge in [0.25, 0.3) is 0 Å². The number of nitriles is 1. The van der Waals surface area contributed by atoms with Gasteiger partial charge in [0.1, 0.15) is 11.9 Å². The maximum absolute atomic E-state index is 10.7. The summed E-state index contributed by atoms with van der Waals surface area (Å²) in [5.41, 5.74) is 1.94. The minimum atomic E-state index is -0.447. The zero-order valence-electron chi connectivity index (χ0n) is 9.70. The third-order valence-corrected chi connectivity index (χ3v) is 2.54. The van der Waals surface area contributed by atoms with Crippen molar-refractivity contribution in [3.63, 3.8) is 0 Å². The maximum Gasteiger partial charge on any atom is 0.309 e. The average molecular weight is 242 g/mol. The number of aromatic nitrogens is 2. The van der Waals surface area contributed by atoms with Gasteiger partial charge in [-0.3, -0.25) is 14.8 Å². The molecule has 6 heteroatoms. The Kier molecular flexibility index (Phi) is 3.06. The third kappa shape index (κ3) is 2.35. The van der Waals surface area contributed by atoms with Crippen LogP contribution < -0.4 is 0 Å². The number of hydrogen-bond donors (Lipinski definition) is 0. The van der Waals surface area contributed by atoms with Crippen LogP contribution in [0.1, 0.15) is 16.8 Å². The second kappa shape index (κ2) is 4.67. The number of nitrogens with zero attached hydrogens (tertiary/aromatic N) is 4. The molecule has 18 heavy (non-hydrogen) atoms. The Morgan fingerprint density at radius 3 is 2.61 bits per heavy atom. The molecule has 0 amide bonds. The van der Waals surface area contributed by atoms with Gasteiger partial charge in [0.2, 0.25) is 0 Å². The molecule has 0 aliphatic rings. The highest BCUT2D eigenvalue weighted by atomic mass is 16.6. The van der Waals surface area contributed by atoms with Gasteiger partial charge in [0.15, 0.2) is 0 Å². The van der Waals surface area contributed by atoms with Gasteiger partial charge in [-0.1, -0.05) is 12.1 Å². The molecule has 0 N–H and O–H groups in total. The normalized spacial score (nSPS) is 10.0. The highest BCUT2D eigenvalue weighted by Gasteiger charge is 2.15. The highest BCUT2D eigenvalue weighted by molar-refractivity contribution is 5.33. The molecule has 2 aromatic rings. The van der Waals surface area contributed by atoms with E-state index in [1.54, 1.807) is 31.2 Å². The minimum absolute atomic E-state index is 0.0173. The van der Waals surface area contributed by atoms with Crippen molar-refractivity contribution in [2.24, 2.45) is 0 Å². The lowest BCUT2D eigenvalue weighted by Crippen LogP contribution is -2.00. The summed E-state index contributed by atoms with van der Waals surface area (Å²) in [7, 11) is 0. The summed E-state index contributed by atoms with van der Waals surface area (Å²) in [5, 5.41) is 23.4. The standard InChI is InChI=1S/C12H10N4O2/c1-9-12(16(17)18)8-15(14-9)7-11-4-2-10(6-13)3-5-11/h2-5,8H,7H2,1H3. The van der Waals surface area contributed by atoms with Gasteiger partial charge in [0, 0.05) is 0 Å². The lowest BCUT2D eigenvalue weighted by Gasteiger charge is -2.00. The van der Waals surface area contributed by atoms with Gasteiger partial charge in [0.05, 0.1) is 23.1 Å². The zero-order chi connectivity index (χ0) is 13.1. The topological polar surface area (TPSA) is 84.8 Å².